The second-order valence-corrected chi connectivity index (χ2v) is 7.24. The zero-order valence-corrected chi connectivity index (χ0v) is 14.8. The van der Waals surface area contributed by atoms with Crippen LogP contribution in [0.25, 0.3) is 0 Å². The van der Waals surface area contributed by atoms with Crippen LogP contribution in [-0.2, 0) is 4.79 Å². The summed E-state index contributed by atoms with van der Waals surface area (Å²) in [5, 5.41) is 3.35. The Morgan fingerprint density at radius 2 is 1.76 bits per heavy atom. The van der Waals surface area contributed by atoms with Crippen LogP contribution < -0.4 is 5.32 Å². The van der Waals surface area contributed by atoms with Crippen LogP contribution in [0.5, 0.6) is 0 Å². The highest BCUT2D eigenvalue weighted by Gasteiger charge is 2.38. The van der Waals surface area contributed by atoms with E-state index < -0.39 is 5.54 Å². The maximum absolute atomic E-state index is 13.1. The monoisotopic (exact) mass is 298 g/mol. The summed E-state index contributed by atoms with van der Waals surface area (Å²) in [4.78, 5) is 19.6. The van der Waals surface area contributed by atoms with E-state index in [1.165, 1.54) is 0 Å². The Balaban J connectivity index is 2.75. The first-order valence-electron chi connectivity index (χ1n) is 8.15. The Morgan fingerprint density at radius 3 is 2.24 bits per heavy atom. The molecule has 1 saturated heterocycles. The largest absolute Gasteiger partial charge is 0.340 e. The first-order chi connectivity index (χ1) is 9.75. The maximum Gasteiger partial charge on any atom is 0.242 e. The summed E-state index contributed by atoms with van der Waals surface area (Å²) in [7, 11) is 4.11. The molecule has 0 unspecified atom stereocenters. The summed E-state index contributed by atoms with van der Waals surface area (Å²) >= 11 is 0. The number of nitrogens with one attached hydrogen (secondary N) is 1. The van der Waals surface area contributed by atoms with Gasteiger partial charge in [-0.15, -0.1) is 0 Å². The van der Waals surface area contributed by atoms with E-state index in [0.29, 0.717) is 5.92 Å². The van der Waals surface area contributed by atoms with Gasteiger partial charge in [0.25, 0.3) is 0 Å². The number of rotatable bonds is 7. The van der Waals surface area contributed by atoms with Gasteiger partial charge in [-0.3, -0.25) is 9.69 Å². The van der Waals surface area contributed by atoms with Crippen LogP contribution in [-0.4, -0.2) is 86.1 Å². The Bertz CT molecular complexity index is 322. The Morgan fingerprint density at radius 1 is 1.19 bits per heavy atom. The lowest BCUT2D eigenvalue weighted by Gasteiger charge is -2.43. The van der Waals surface area contributed by atoms with E-state index in [-0.39, 0.29) is 5.91 Å². The molecule has 0 aliphatic carbocycles. The fraction of sp³-hybridized carbons (Fsp3) is 0.938. The Kier molecular flexibility index (Phi) is 7.10. The molecule has 1 aliphatic heterocycles. The number of amides is 1. The fourth-order valence-corrected chi connectivity index (χ4v) is 2.78. The molecule has 0 spiro atoms. The van der Waals surface area contributed by atoms with Crippen molar-refractivity contribution in [2.75, 3.05) is 59.9 Å². The number of likely N-dealkylation sites (N-methyl/N-ethyl adjacent to an activating group) is 1. The third-order valence-electron chi connectivity index (χ3n) is 4.12. The van der Waals surface area contributed by atoms with Crippen molar-refractivity contribution in [3.05, 3.63) is 0 Å². The van der Waals surface area contributed by atoms with E-state index in [1.54, 1.807) is 0 Å². The number of piperazine rings is 1. The molecule has 0 aromatic rings. The van der Waals surface area contributed by atoms with Crippen molar-refractivity contribution in [1.29, 1.82) is 0 Å². The van der Waals surface area contributed by atoms with Crippen LogP contribution in [0.2, 0.25) is 0 Å². The smallest absolute Gasteiger partial charge is 0.242 e. The molecule has 0 radical (unpaired) electrons. The SMILES string of the molecule is CC(C)CN(CCN(C)C)C(=O)C(C)(C)N1CCNCC1. The first-order valence-corrected chi connectivity index (χ1v) is 8.15. The van der Waals surface area contributed by atoms with Gasteiger partial charge in [-0.2, -0.15) is 0 Å². The molecule has 1 heterocycles. The van der Waals surface area contributed by atoms with Gasteiger partial charge in [0.2, 0.25) is 5.91 Å². The minimum Gasteiger partial charge on any atom is -0.340 e. The third kappa shape index (κ3) is 5.57. The van der Waals surface area contributed by atoms with Gasteiger partial charge in [-0.1, -0.05) is 13.8 Å². The van der Waals surface area contributed by atoms with E-state index in [9.17, 15) is 4.79 Å². The zero-order chi connectivity index (χ0) is 16.0. The van der Waals surface area contributed by atoms with E-state index >= 15 is 0 Å². The quantitative estimate of drug-likeness (QED) is 0.752. The molecule has 1 amide bonds. The minimum absolute atomic E-state index is 0.264. The van der Waals surface area contributed by atoms with Crippen LogP contribution in [0, 0.1) is 5.92 Å². The molecule has 1 rings (SSSR count). The van der Waals surface area contributed by atoms with Gasteiger partial charge < -0.3 is 15.1 Å². The molecule has 1 aliphatic rings. The summed E-state index contributed by atoms with van der Waals surface area (Å²) in [5.74, 6) is 0.759. The predicted octanol–water partition coefficient (Wildman–Crippen LogP) is 0.716. The third-order valence-corrected chi connectivity index (χ3v) is 4.12. The lowest BCUT2D eigenvalue weighted by Crippen LogP contribution is -2.61. The molecular weight excluding hydrogens is 264 g/mol. The van der Waals surface area contributed by atoms with Gasteiger partial charge in [0.15, 0.2) is 0 Å². The normalized spacial score (nSPS) is 17.5. The maximum atomic E-state index is 13.1. The van der Waals surface area contributed by atoms with Crippen LogP contribution in [0.1, 0.15) is 27.7 Å². The molecule has 0 aromatic heterocycles. The lowest BCUT2D eigenvalue weighted by atomic mass is 9.98. The molecular formula is C16H34N4O. The summed E-state index contributed by atoms with van der Waals surface area (Å²) in [6.45, 7) is 14.9. The highest BCUT2D eigenvalue weighted by atomic mass is 16.2. The van der Waals surface area contributed by atoms with Crippen LogP contribution in [0.4, 0.5) is 0 Å². The van der Waals surface area contributed by atoms with Crippen molar-refractivity contribution in [2.45, 2.75) is 33.2 Å². The van der Waals surface area contributed by atoms with Gasteiger partial charge in [-0.05, 0) is 33.9 Å². The van der Waals surface area contributed by atoms with Gasteiger partial charge in [0, 0.05) is 45.8 Å². The minimum atomic E-state index is -0.413. The number of carbonyl (C=O) groups excluding carboxylic acids is 1. The number of hydrogen-bond donors (Lipinski definition) is 1. The molecule has 0 bridgehead atoms. The van der Waals surface area contributed by atoms with E-state index in [0.717, 1.165) is 45.8 Å². The molecule has 0 aromatic carbocycles. The van der Waals surface area contributed by atoms with Crippen molar-refractivity contribution in [3.63, 3.8) is 0 Å². The topological polar surface area (TPSA) is 38.8 Å². The van der Waals surface area contributed by atoms with Crippen molar-refractivity contribution >= 4 is 5.91 Å². The van der Waals surface area contributed by atoms with Gasteiger partial charge >= 0.3 is 0 Å². The van der Waals surface area contributed by atoms with E-state index in [2.05, 4.69) is 56.9 Å². The average Bonchev–Trinajstić information content (AvgIpc) is 2.43. The summed E-state index contributed by atoms with van der Waals surface area (Å²) < 4.78 is 0. The standard InChI is InChI=1S/C16H34N4O/c1-14(2)13-19(12-11-18(5)6)15(21)16(3,4)20-9-7-17-8-10-20/h14,17H,7-13H2,1-6H3. The molecule has 0 atom stereocenters. The number of carbonyl (C=O) groups is 1. The van der Waals surface area contributed by atoms with Crippen LogP contribution in [0.3, 0.4) is 0 Å². The van der Waals surface area contributed by atoms with Gasteiger partial charge in [0.05, 0.1) is 5.54 Å². The van der Waals surface area contributed by atoms with E-state index in [1.807, 2.05) is 4.90 Å². The number of hydrogen-bond acceptors (Lipinski definition) is 4. The highest BCUT2D eigenvalue weighted by molar-refractivity contribution is 5.85. The van der Waals surface area contributed by atoms with Crippen molar-refractivity contribution < 1.29 is 4.79 Å². The molecule has 5 nitrogen and oxygen atoms in total. The van der Waals surface area contributed by atoms with Crippen molar-refractivity contribution in [2.24, 2.45) is 5.92 Å². The van der Waals surface area contributed by atoms with E-state index in [4.69, 9.17) is 0 Å². The van der Waals surface area contributed by atoms with Gasteiger partial charge in [0.1, 0.15) is 0 Å². The molecule has 1 fully saturated rings. The number of nitrogens with zero attached hydrogens (tertiary/aromatic N) is 3. The highest BCUT2D eigenvalue weighted by Crippen LogP contribution is 2.19. The molecule has 0 saturated carbocycles. The zero-order valence-electron chi connectivity index (χ0n) is 14.8. The average molecular weight is 298 g/mol. The van der Waals surface area contributed by atoms with Crippen LogP contribution in [0.15, 0.2) is 0 Å². The van der Waals surface area contributed by atoms with Crippen LogP contribution >= 0.6 is 0 Å². The second-order valence-electron chi connectivity index (χ2n) is 7.24. The summed E-state index contributed by atoms with van der Waals surface area (Å²) in [5.41, 5.74) is -0.413. The second kappa shape index (κ2) is 8.11. The molecule has 1 N–H and O–H groups in total. The first kappa shape index (κ1) is 18.4. The van der Waals surface area contributed by atoms with Crippen molar-refractivity contribution in [1.82, 2.24) is 20.0 Å². The molecule has 21 heavy (non-hydrogen) atoms. The van der Waals surface area contributed by atoms with Gasteiger partial charge in [-0.25, -0.2) is 0 Å². The molecule has 124 valence electrons. The Hall–Kier alpha value is -0.650. The predicted molar refractivity (Wildman–Crippen MR) is 88.5 cm³/mol. The lowest BCUT2D eigenvalue weighted by molar-refractivity contribution is -0.144. The van der Waals surface area contributed by atoms with Crippen molar-refractivity contribution in [3.8, 4) is 0 Å². The fourth-order valence-electron chi connectivity index (χ4n) is 2.78. The Labute approximate surface area is 130 Å². The summed E-state index contributed by atoms with van der Waals surface area (Å²) in [6.07, 6.45) is 0. The molecule has 5 heteroatoms. The summed E-state index contributed by atoms with van der Waals surface area (Å²) in [6, 6.07) is 0.